The molecule has 0 fully saturated rings. The number of aliphatic carboxylic acids is 1. The lowest BCUT2D eigenvalue weighted by molar-refractivity contribution is -0.138. The van der Waals surface area contributed by atoms with Gasteiger partial charge < -0.3 is 10.0 Å². The van der Waals surface area contributed by atoms with Crippen LogP contribution in [0.3, 0.4) is 0 Å². The average molecular weight is 292 g/mol. The fourth-order valence-corrected chi connectivity index (χ4v) is 2.66. The molecule has 0 bridgehead atoms. The van der Waals surface area contributed by atoms with Crippen LogP contribution in [0.2, 0.25) is 0 Å². The van der Waals surface area contributed by atoms with E-state index in [0.717, 1.165) is 10.2 Å². The van der Waals surface area contributed by atoms with Gasteiger partial charge in [-0.15, -0.1) is 11.3 Å². The lowest BCUT2D eigenvalue weighted by Crippen LogP contribution is -2.41. The van der Waals surface area contributed by atoms with Crippen LogP contribution >= 0.6 is 11.3 Å². The number of amides is 1. The van der Waals surface area contributed by atoms with Crippen molar-refractivity contribution >= 4 is 33.4 Å². The van der Waals surface area contributed by atoms with Gasteiger partial charge in [0.1, 0.15) is 6.54 Å². The first-order valence-corrected chi connectivity index (χ1v) is 7.27. The van der Waals surface area contributed by atoms with Crippen LogP contribution in [0.15, 0.2) is 23.7 Å². The molecule has 0 saturated carbocycles. The first-order valence-electron chi connectivity index (χ1n) is 6.39. The summed E-state index contributed by atoms with van der Waals surface area (Å²) in [4.78, 5) is 29.0. The van der Waals surface area contributed by atoms with Crippen molar-refractivity contribution < 1.29 is 14.7 Å². The zero-order valence-corrected chi connectivity index (χ0v) is 12.2. The molecule has 0 aliphatic heterocycles. The van der Waals surface area contributed by atoms with E-state index in [1.54, 1.807) is 23.7 Å². The molecule has 0 radical (unpaired) electrons. The Labute approximate surface area is 120 Å². The maximum absolute atomic E-state index is 12.5. The van der Waals surface area contributed by atoms with E-state index >= 15 is 0 Å². The molecule has 1 atom stereocenters. The van der Waals surface area contributed by atoms with E-state index in [-0.39, 0.29) is 18.5 Å². The minimum Gasteiger partial charge on any atom is -0.480 e. The van der Waals surface area contributed by atoms with Gasteiger partial charge in [0.25, 0.3) is 5.91 Å². The van der Waals surface area contributed by atoms with Crippen molar-refractivity contribution in [1.82, 2.24) is 9.88 Å². The van der Waals surface area contributed by atoms with E-state index < -0.39 is 5.97 Å². The Kier molecular flexibility index (Phi) is 4.34. The normalized spacial score (nSPS) is 12.3. The summed E-state index contributed by atoms with van der Waals surface area (Å²) in [5.41, 5.74) is 3.07. The van der Waals surface area contributed by atoms with Crippen LogP contribution in [0, 0.1) is 0 Å². The lowest BCUT2D eigenvalue weighted by atomic mass is 10.1. The second kappa shape index (κ2) is 6.00. The second-order valence-corrected chi connectivity index (χ2v) is 5.51. The molecule has 1 heterocycles. The number of fused-ring (bicyclic) bond motifs is 1. The quantitative estimate of drug-likeness (QED) is 0.919. The number of carboxylic acids is 1. The van der Waals surface area contributed by atoms with Crippen LogP contribution in [0.25, 0.3) is 10.2 Å². The van der Waals surface area contributed by atoms with E-state index in [9.17, 15) is 9.59 Å². The second-order valence-electron chi connectivity index (χ2n) is 4.62. The van der Waals surface area contributed by atoms with E-state index in [1.165, 1.54) is 16.2 Å². The lowest BCUT2D eigenvalue weighted by Gasteiger charge is -2.27. The Morgan fingerprint density at radius 3 is 2.85 bits per heavy atom. The van der Waals surface area contributed by atoms with Crippen molar-refractivity contribution in [3.63, 3.8) is 0 Å². The van der Waals surface area contributed by atoms with Gasteiger partial charge in [0.15, 0.2) is 0 Å². The van der Waals surface area contributed by atoms with Crippen LogP contribution in [0.4, 0.5) is 0 Å². The molecule has 1 unspecified atom stereocenters. The molecule has 0 saturated heterocycles. The molecule has 2 rings (SSSR count). The number of rotatable bonds is 5. The highest BCUT2D eigenvalue weighted by Gasteiger charge is 2.23. The zero-order valence-electron chi connectivity index (χ0n) is 11.4. The van der Waals surface area contributed by atoms with E-state index in [0.29, 0.717) is 12.0 Å². The van der Waals surface area contributed by atoms with Crippen molar-refractivity contribution in [2.24, 2.45) is 0 Å². The molecule has 1 N–H and O–H groups in total. The third-order valence-electron chi connectivity index (χ3n) is 3.27. The number of hydrogen-bond acceptors (Lipinski definition) is 4. The molecular formula is C14H16N2O3S. The van der Waals surface area contributed by atoms with Crippen LogP contribution < -0.4 is 0 Å². The van der Waals surface area contributed by atoms with Crippen molar-refractivity contribution in [3.05, 3.63) is 29.3 Å². The summed E-state index contributed by atoms with van der Waals surface area (Å²) in [6, 6.07) is 5.14. The third-order valence-corrected chi connectivity index (χ3v) is 4.06. The Bertz CT molecular complexity index is 638. The number of nitrogens with zero attached hydrogens (tertiary/aromatic N) is 2. The summed E-state index contributed by atoms with van der Waals surface area (Å²) in [7, 11) is 0. The standard InChI is InChI=1S/C14H16N2O3S/c1-3-9(2)16(7-13(17)18)14(19)10-4-5-11-12(6-10)20-8-15-11/h4-6,8-9H,3,7H2,1-2H3,(H,17,18). The molecule has 1 aromatic heterocycles. The molecule has 1 amide bonds. The predicted octanol–water partition coefficient (Wildman–Crippen LogP) is 2.62. The third kappa shape index (κ3) is 2.96. The minimum atomic E-state index is -1.00. The maximum Gasteiger partial charge on any atom is 0.323 e. The largest absolute Gasteiger partial charge is 0.480 e. The highest BCUT2D eigenvalue weighted by atomic mass is 32.1. The molecule has 0 aliphatic rings. The summed E-state index contributed by atoms with van der Waals surface area (Å²) in [6.07, 6.45) is 0.710. The summed E-state index contributed by atoms with van der Waals surface area (Å²) >= 11 is 1.46. The Morgan fingerprint density at radius 1 is 1.45 bits per heavy atom. The summed E-state index contributed by atoms with van der Waals surface area (Å²) in [6.45, 7) is 3.50. The fourth-order valence-electron chi connectivity index (χ4n) is 1.95. The van der Waals surface area contributed by atoms with E-state index in [1.807, 2.05) is 13.8 Å². The smallest absolute Gasteiger partial charge is 0.323 e. The Balaban J connectivity index is 2.31. The molecule has 6 heteroatoms. The monoisotopic (exact) mass is 292 g/mol. The molecule has 5 nitrogen and oxygen atoms in total. The zero-order chi connectivity index (χ0) is 14.7. The fraction of sp³-hybridized carbons (Fsp3) is 0.357. The van der Waals surface area contributed by atoms with E-state index in [2.05, 4.69) is 4.98 Å². The number of carboxylic acid groups (broad SMARTS) is 1. The molecule has 20 heavy (non-hydrogen) atoms. The molecule has 2 aromatic rings. The van der Waals surface area contributed by atoms with Gasteiger partial charge in [-0.25, -0.2) is 4.98 Å². The number of carbonyl (C=O) groups excluding carboxylic acids is 1. The van der Waals surface area contributed by atoms with Crippen LogP contribution in [0.1, 0.15) is 30.6 Å². The van der Waals surface area contributed by atoms with Crippen LogP contribution in [0.5, 0.6) is 0 Å². The molecule has 1 aromatic carbocycles. The SMILES string of the molecule is CCC(C)N(CC(=O)O)C(=O)c1ccc2ncsc2c1. The van der Waals surface area contributed by atoms with Crippen molar-refractivity contribution in [2.75, 3.05) is 6.54 Å². The highest BCUT2D eigenvalue weighted by Crippen LogP contribution is 2.20. The van der Waals surface area contributed by atoms with Crippen LogP contribution in [-0.2, 0) is 4.79 Å². The first kappa shape index (κ1) is 14.5. The van der Waals surface area contributed by atoms with Gasteiger partial charge in [-0.05, 0) is 31.5 Å². The van der Waals surface area contributed by atoms with Crippen molar-refractivity contribution in [1.29, 1.82) is 0 Å². The van der Waals surface area contributed by atoms with Gasteiger partial charge in [0.2, 0.25) is 0 Å². The summed E-state index contributed by atoms with van der Waals surface area (Å²) in [5.74, 6) is -1.26. The topological polar surface area (TPSA) is 70.5 Å². The van der Waals surface area contributed by atoms with Gasteiger partial charge in [0.05, 0.1) is 15.7 Å². The van der Waals surface area contributed by atoms with Gasteiger partial charge in [0, 0.05) is 11.6 Å². The molecular weight excluding hydrogens is 276 g/mol. The first-order chi connectivity index (χ1) is 9.52. The van der Waals surface area contributed by atoms with Crippen molar-refractivity contribution in [2.45, 2.75) is 26.3 Å². The summed E-state index contributed by atoms with van der Waals surface area (Å²) in [5, 5.41) is 8.96. The number of benzene rings is 1. The molecule has 0 aliphatic carbocycles. The Hall–Kier alpha value is -1.95. The van der Waals surface area contributed by atoms with E-state index in [4.69, 9.17) is 5.11 Å². The van der Waals surface area contributed by atoms with Gasteiger partial charge in [-0.3, -0.25) is 9.59 Å². The molecule has 106 valence electrons. The van der Waals surface area contributed by atoms with Crippen LogP contribution in [-0.4, -0.2) is 39.5 Å². The highest BCUT2D eigenvalue weighted by molar-refractivity contribution is 7.16. The number of carbonyl (C=O) groups is 2. The Morgan fingerprint density at radius 2 is 2.20 bits per heavy atom. The van der Waals surface area contributed by atoms with Gasteiger partial charge >= 0.3 is 5.97 Å². The average Bonchev–Trinajstić information content (AvgIpc) is 2.90. The number of hydrogen-bond donors (Lipinski definition) is 1. The minimum absolute atomic E-state index is 0.115. The summed E-state index contributed by atoms with van der Waals surface area (Å²) < 4.78 is 0.926. The maximum atomic E-state index is 12.5. The number of aromatic nitrogens is 1. The molecule has 0 spiro atoms. The van der Waals surface area contributed by atoms with Gasteiger partial charge in [-0.1, -0.05) is 6.92 Å². The predicted molar refractivity (Wildman–Crippen MR) is 78.0 cm³/mol. The number of thiazole rings is 1. The van der Waals surface area contributed by atoms with Crippen molar-refractivity contribution in [3.8, 4) is 0 Å². The van der Waals surface area contributed by atoms with Gasteiger partial charge in [-0.2, -0.15) is 0 Å².